The molecule has 21 nitrogen and oxygen atoms in total. The van der Waals surface area contributed by atoms with Crippen LogP contribution in [0.25, 0.3) is 16.0 Å². The Bertz CT molecular complexity index is 4260. The van der Waals surface area contributed by atoms with Gasteiger partial charge in [0.15, 0.2) is 25.5 Å². The van der Waals surface area contributed by atoms with Gasteiger partial charge < -0.3 is 44.5 Å². The molecule has 3 fully saturated rings. The number of piperazine rings is 1. The number of ketones is 2. The molecule has 0 radical (unpaired) electrons. The highest BCUT2D eigenvalue weighted by Gasteiger charge is 2.45. The van der Waals surface area contributed by atoms with Crippen LogP contribution in [-0.2, 0) is 64.2 Å². The number of amides is 3. The van der Waals surface area contributed by atoms with Crippen molar-refractivity contribution in [2.75, 3.05) is 134 Å². The SMILES string of the molecule is Cc1ncsc1-c1ccc([C@H](C)NC(=O)[C@@H]2C[C@@H](O)CN2C(=O)[C@@H](NC(=O)COCCOCCOCCCC(=O)C2(C)CCC(c3ccc(Cl)cc3)=C(CN3CCN(c4ccc(C(=O)CS(=O)(=O)c5ccc(C[C@H](CCN6CCOCC6)CSc6ccccc6)c(S(C)(=O)=O)c5)cc4)CC3)C2)C(C)(C)C)cc1. The number of aliphatic hydroxyl groups is 1. The molecule has 1 aliphatic carbocycles. The lowest BCUT2D eigenvalue weighted by Gasteiger charge is -2.40. The van der Waals surface area contributed by atoms with Crippen LogP contribution in [0.3, 0.4) is 0 Å². The molecule has 107 heavy (non-hydrogen) atoms. The van der Waals surface area contributed by atoms with Gasteiger partial charge in [-0.05, 0) is 159 Å². The molecule has 0 spiro atoms. The Balaban J connectivity index is 0.637. The lowest BCUT2D eigenvalue weighted by molar-refractivity contribution is -0.144. The van der Waals surface area contributed by atoms with Gasteiger partial charge in [-0.2, -0.15) is 0 Å². The summed E-state index contributed by atoms with van der Waals surface area (Å²) in [4.78, 5) is 83.8. The lowest BCUT2D eigenvalue weighted by Crippen LogP contribution is -2.58. The minimum absolute atomic E-state index is 0.0395. The summed E-state index contributed by atoms with van der Waals surface area (Å²) in [6.45, 7) is 19.7. The number of hydrogen-bond acceptors (Lipinski definition) is 20. The molecular weight excluding hydrogens is 1460 g/mol. The average Bonchev–Trinajstić information content (AvgIpc) is 1.40. The maximum absolute atomic E-state index is 14.2. The second-order valence-electron chi connectivity index (χ2n) is 30.0. The molecule has 26 heteroatoms. The fraction of sp³-hybridized carbons (Fsp3) is 0.506. The summed E-state index contributed by atoms with van der Waals surface area (Å²) in [5.41, 5.74) is 8.62. The second-order valence-corrected chi connectivity index (χ2v) is 36.3. The summed E-state index contributed by atoms with van der Waals surface area (Å²) in [5.74, 6) is -1.74. The van der Waals surface area contributed by atoms with E-state index in [4.69, 9.17) is 30.5 Å². The third-order valence-corrected chi connectivity index (χ3v) is 26.0. The first-order valence-electron chi connectivity index (χ1n) is 37.1. The smallest absolute Gasteiger partial charge is 0.246 e. The Kier molecular flexibility index (Phi) is 29.6. The Hall–Kier alpha value is -6.72. The predicted molar refractivity (Wildman–Crippen MR) is 421 cm³/mol. The number of morpholine rings is 1. The van der Waals surface area contributed by atoms with E-state index in [0.717, 1.165) is 95.4 Å². The van der Waals surface area contributed by atoms with Crippen molar-refractivity contribution in [3.05, 3.63) is 165 Å². The molecule has 1 unspecified atom stereocenters. The highest BCUT2D eigenvalue weighted by atomic mass is 35.5. The molecule has 1 aromatic heterocycles. The number of anilines is 1. The number of aryl methyl sites for hydroxylation is 1. The first-order chi connectivity index (χ1) is 51.1. The zero-order chi connectivity index (χ0) is 76.5. The summed E-state index contributed by atoms with van der Waals surface area (Å²) < 4.78 is 77.5. The second kappa shape index (κ2) is 38.3. The third-order valence-electron chi connectivity index (χ3n) is 20.7. The maximum atomic E-state index is 14.2. The van der Waals surface area contributed by atoms with Crippen molar-refractivity contribution in [3.8, 4) is 10.4 Å². The van der Waals surface area contributed by atoms with Gasteiger partial charge in [0.1, 0.15) is 30.2 Å². The summed E-state index contributed by atoms with van der Waals surface area (Å²) in [6.07, 6.45) is 4.50. The molecule has 6 atom stereocenters. The van der Waals surface area contributed by atoms with Gasteiger partial charge in [0.25, 0.3) is 0 Å². The zero-order valence-corrected chi connectivity index (χ0v) is 66.6. The number of carbonyl (C=O) groups is 5. The highest BCUT2D eigenvalue weighted by molar-refractivity contribution is 7.99. The van der Waals surface area contributed by atoms with Gasteiger partial charge in [0.2, 0.25) is 17.7 Å². The van der Waals surface area contributed by atoms with Gasteiger partial charge in [-0.1, -0.05) is 106 Å². The number of nitrogens with zero attached hydrogens (tertiary/aromatic N) is 5. The van der Waals surface area contributed by atoms with E-state index in [1.54, 1.807) is 41.3 Å². The van der Waals surface area contributed by atoms with Gasteiger partial charge >= 0.3 is 0 Å². The number of halogens is 1. The molecule has 10 rings (SSSR count). The minimum Gasteiger partial charge on any atom is -0.391 e. The largest absolute Gasteiger partial charge is 0.391 e. The van der Waals surface area contributed by atoms with Crippen molar-refractivity contribution in [1.82, 2.24) is 30.3 Å². The summed E-state index contributed by atoms with van der Waals surface area (Å²) >= 11 is 9.64. The number of β-amino-alcohol motifs (C(OH)–C–C–N with tert-alkyl or cyclic N) is 1. The van der Waals surface area contributed by atoms with Crippen molar-refractivity contribution in [2.24, 2.45) is 16.7 Å². The molecule has 3 amide bonds. The van der Waals surface area contributed by atoms with Gasteiger partial charge in [-0.3, -0.25) is 33.8 Å². The van der Waals surface area contributed by atoms with Crippen molar-refractivity contribution >= 4 is 94.9 Å². The molecule has 4 aliphatic rings. The van der Waals surface area contributed by atoms with E-state index >= 15 is 0 Å². The molecule has 4 heterocycles. The van der Waals surface area contributed by atoms with Crippen molar-refractivity contribution in [1.29, 1.82) is 0 Å². The standard InChI is InChI=1S/C81H104ClN7O14S4/c1-56(59-15-17-62(18-16-59)76-57(2)83-55-105-76)84-78(94)71-47-67(90)51-89(71)79(95)77(80(3,4)5)85-75(93)52-103-45-44-102-43-42-100-39-11-14-74(92)81(6)31-29-70(60-19-24-65(82)25-20-60)64(49-81)50-87-33-35-88(36-34-87)66-26-21-61(22-27-66)72(91)54-107(98,99)69-28-23-63(73(48-69)106(7,96)97)46-58(30-32-86-37-40-101-41-38-86)53-104-68-12-9-8-10-13-68/h8-10,12-13,15-28,48,55-56,58,67,71,77,90H,11,14,29-47,49-54H2,1-7H3,(H,84,94)(H,85,93)/t56-,58-,67+,71-,77+,81?/m0/s1. The van der Waals surface area contributed by atoms with Crippen LogP contribution in [0.4, 0.5) is 5.69 Å². The fourth-order valence-corrected chi connectivity index (χ4v) is 18.7. The highest BCUT2D eigenvalue weighted by Crippen LogP contribution is 2.45. The molecule has 5 aromatic carbocycles. The molecule has 0 saturated carbocycles. The molecule has 0 bridgehead atoms. The Morgan fingerprint density at radius 1 is 0.813 bits per heavy atom. The fourth-order valence-electron chi connectivity index (χ4n) is 14.4. The van der Waals surface area contributed by atoms with Gasteiger partial charge in [0.05, 0.1) is 77.7 Å². The molecule has 578 valence electrons. The van der Waals surface area contributed by atoms with E-state index in [-0.39, 0.29) is 72.5 Å². The Morgan fingerprint density at radius 3 is 2.15 bits per heavy atom. The van der Waals surface area contributed by atoms with E-state index in [1.165, 1.54) is 28.2 Å². The van der Waals surface area contributed by atoms with Crippen molar-refractivity contribution in [2.45, 2.75) is 132 Å². The number of nitrogens with one attached hydrogen (secondary N) is 2. The number of aromatic nitrogens is 1. The monoisotopic (exact) mass is 1560 g/mol. The van der Waals surface area contributed by atoms with Gasteiger partial charge in [-0.15, -0.1) is 23.1 Å². The molecule has 3 N–H and O–H groups in total. The number of thiazole rings is 1. The number of thioether (sulfide) groups is 1. The number of Topliss-reactive ketones (excluding diaryl/α,β-unsaturated/α-hetero) is 2. The number of hydrogen-bond donors (Lipinski definition) is 3. The van der Waals surface area contributed by atoms with E-state index in [2.05, 4.69) is 49.4 Å². The number of sulfone groups is 2. The third kappa shape index (κ3) is 23.4. The first-order valence-corrected chi connectivity index (χ1v) is 42.9. The molecule has 3 saturated heterocycles. The van der Waals surface area contributed by atoms with Gasteiger partial charge in [-0.25, -0.2) is 21.8 Å². The quantitative estimate of drug-likeness (QED) is 0.0188. The normalized spacial score (nSPS) is 19.3. The molecular formula is C81H104ClN7O14S4. The zero-order valence-electron chi connectivity index (χ0n) is 62.6. The summed E-state index contributed by atoms with van der Waals surface area (Å²) in [7, 11) is -8.09. The molecule has 6 aromatic rings. The Labute approximate surface area is 644 Å². The van der Waals surface area contributed by atoms with Crippen LogP contribution >= 0.6 is 34.7 Å². The Morgan fingerprint density at radius 2 is 1.49 bits per heavy atom. The lowest BCUT2D eigenvalue weighted by atomic mass is 9.68. The van der Waals surface area contributed by atoms with Crippen LogP contribution < -0.4 is 15.5 Å². The number of benzene rings is 5. The molecule has 3 aliphatic heterocycles. The van der Waals surface area contributed by atoms with E-state index in [0.29, 0.717) is 88.8 Å². The van der Waals surface area contributed by atoms with Crippen LogP contribution in [0.5, 0.6) is 0 Å². The summed E-state index contributed by atoms with van der Waals surface area (Å²) in [6, 6.07) is 34.8. The van der Waals surface area contributed by atoms with Crippen LogP contribution in [0.1, 0.15) is 118 Å². The van der Waals surface area contributed by atoms with Crippen LogP contribution in [0.2, 0.25) is 5.02 Å². The number of allylic oxidation sites excluding steroid dienone is 1. The maximum Gasteiger partial charge on any atom is 0.246 e. The number of ether oxygens (including phenoxy) is 4. The van der Waals surface area contributed by atoms with Crippen molar-refractivity contribution in [3.63, 3.8) is 0 Å². The number of carbonyl (C=O) groups excluding carboxylic acids is 5. The predicted octanol–water partition coefficient (Wildman–Crippen LogP) is 11.0. The van der Waals surface area contributed by atoms with Crippen LogP contribution in [0, 0.1) is 23.7 Å². The van der Waals surface area contributed by atoms with E-state index in [9.17, 15) is 45.9 Å². The number of aliphatic hydroxyl groups excluding tert-OH is 1. The first kappa shape index (κ1) is 82.8. The van der Waals surface area contributed by atoms with Crippen LogP contribution in [0.15, 0.2) is 147 Å². The number of rotatable bonds is 36. The van der Waals surface area contributed by atoms with E-state index < -0.39 is 77.9 Å². The van der Waals surface area contributed by atoms with E-state index in [1.807, 2.05) is 119 Å². The average molecular weight is 1560 g/mol. The topological polar surface area (TPSA) is 261 Å². The van der Waals surface area contributed by atoms with Crippen molar-refractivity contribution < 1.29 is 64.9 Å². The summed E-state index contributed by atoms with van der Waals surface area (Å²) in [5, 5.41) is 17.2. The number of likely N-dealkylation sites (tertiary alicyclic amines) is 1. The van der Waals surface area contributed by atoms with Crippen LogP contribution in [-0.4, -0.2) is 219 Å². The van der Waals surface area contributed by atoms with Gasteiger partial charge in [0, 0.05) is 110 Å². The minimum atomic E-state index is -4.24.